The molecular weight excluding hydrogens is 360 g/mol. The number of rotatable bonds is 5. The van der Waals surface area contributed by atoms with E-state index in [1.54, 1.807) is 0 Å². The summed E-state index contributed by atoms with van der Waals surface area (Å²) in [5.41, 5.74) is 4.39. The molecule has 27 heavy (non-hydrogen) atoms. The first-order chi connectivity index (χ1) is 13.2. The summed E-state index contributed by atoms with van der Waals surface area (Å²) in [4.78, 5) is 23.5. The normalized spacial score (nSPS) is 10.9. The maximum atomic E-state index is 11.4. The molecule has 1 aromatic carbocycles. The summed E-state index contributed by atoms with van der Waals surface area (Å²) in [6.07, 6.45) is 4.68. The minimum Gasteiger partial charge on any atom is -0.348 e. The molecule has 0 radical (unpaired) electrons. The number of hydrogen-bond donors (Lipinski definition) is 2. The van der Waals surface area contributed by atoms with Crippen LogP contribution in [0.3, 0.4) is 0 Å². The lowest BCUT2D eigenvalue weighted by molar-refractivity contribution is -0.116. The quantitative estimate of drug-likeness (QED) is 0.521. The van der Waals surface area contributed by atoms with E-state index in [4.69, 9.17) is 0 Å². The van der Waals surface area contributed by atoms with Crippen molar-refractivity contribution < 1.29 is 4.79 Å². The molecule has 4 aromatic rings. The molecule has 3 heterocycles. The minimum absolute atomic E-state index is 0.204. The van der Waals surface area contributed by atoms with Crippen LogP contribution in [-0.4, -0.2) is 31.1 Å². The van der Waals surface area contributed by atoms with Gasteiger partial charge in [-0.3, -0.25) is 4.79 Å². The highest BCUT2D eigenvalue weighted by atomic mass is 32.1. The van der Waals surface area contributed by atoms with Gasteiger partial charge in [-0.05, 0) is 24.6 Å². The van der Waals surface area contributed by atoms with Gasteiger partial charge in [0.1, 0.15) is 22.0 Å². The number of amides is 1. The average Bonchev–Trinajstić information content (AvgIpc) is 3.32. The van der Waals surface area contributed by atoms with Crippen molar-refractivity contribution in [3.63, 3.8) is 0 Å². The molecule has 0 saturated heterocycles. The van der Waals surface area contributed by atoms with Gasteiger partial charge in [-0.25, -0.2) is 9.97 Å². The Labute approximate surface area is 159 Å². The number of nitrogens with zero attached hydrogens (tertiary/aromatic N) is 4. The van der Waals surface area contributed by atoms with E-state index < -0.39 is 0 Å². The molecular formula is C19H16N6OS. The highest BCUT2D eigenvalue weighted by Crippen LogP contribution is 2.35. The number of hydrogen-bond acceptors (Lipinski definition) is 6. The van der Waals surface area contributed by atoms with Crippen molar-refractivity contribution >= 4 is 28.3 Å². The van der Waals surface area contributed by atoms with Gasteiger partial charge in [0.25, 0.3) is 0 Å². The highest BCUT2D eigenvalue weighted by Gasteiger charge is 2.17. The zero-order valence-electron chi connectivity index (χ0n) is 14.6. The SMILES string of the molecule is C=CC(=O)NCc1cccc(-c2ncnc3[nH]cc(-c4nnc(C)s4)c23)c1. The lowest BCUT2D eigenvalue weighted by atomic mass is 10.0. The molecule has 8 heteroatoms. The van der Waals surface area contributed by atoms with Crippen LogP contribution in [0.25, 0.3) is 32.9 Å². The molecule has 1 amide bonds. The lowest BCUT2D eigenvalue weighted by Gasteiger charge is -2.07. The first kappa shape index (κ1) is 17.0. The van der Waals surface area contributed by atoms with E-state index >= 15 is 0 Å². The summed E-state index contributed by atoms with van der Waals surface area (Å²) in [6, 6.07) is 7.90. The molecule has 0 unspecified atom stereocenters. The van der Waals surface area contributed by atoms with E-state index in [9.17, 15) is 4.79 Å². The molecule has 4 rings (SSSR count). The van der Waals surface area contributed by atoms with Gasteiger partial charge in [-0.2, -0.15) is 0 Å². The third kappa shape index (κ3) is 3.34. The Bertz CT molecular complexity index is 1150. The third-order valence-corrected chi connectivity index (χ3v) is 4.95. The minimum atomic E-state index is -0.204. The van der Waals surface area contributed by atoms with Gasteiger partial charge < -0.3 is 10.3 Å². The summed E-state index contributed by atoms with van der Waals surface area (Å²) < 4.78 is 0. The van der Waals surface area contributed by atoms with Crippen LogP contribution in [0.5, 0.6) is 0 Å². The first-order valence-corrected chi connectivity index (χ1v) is 9.09. The summed E-state index contributed by atoms with van der Waals surface area (Å²) >= 11 is 1.53. The zero-order valence-corrected chi connectivity index (χ0v) is 15.4. The standard InChI is InChI=1S/C19H16N6OS/c1-3-15(26)20-8-12-5-4-6-13(7-12)17-16-14(19-25-24-11(2)27-19)9-21-18(16)23-10-22-17/h3-7,9-10H,1,8H2,2H3,(H,20,26)(H,21,22,23). The van der Waals surface area contributed by atoms with Gasteiger partial charge in [0.15, 0.2) is 0 Å². The molecule has 0 aliphatic carbocycles. The topological polar surface area (TPSA) is 96.5 Å². The number of fused-ring (bicyclic) bond motifs is 1. The van der Waals surface area contributed by atoms with E-state index in [-0.39, 0.29) is 5.91 Å². The van der Waals surface area contributed by atoms with Crippen LogP contribution in [0, 0.1) is 6.92 Å². The van der Waals surface area contributed by atoms with Gasteiger partial charge in [0.2, 0.25) is 5.91 Å². The van der Waals surface area contributed by atoms with Crippen molar-refractivity contribution in [1.29, 1.82) is 0 Å². The van der Waals surface area contributed by atoms with Crippen molar-refractivity contribution in [3.8, 4) is 21.8 Å². The second kappa shape index (κ2) is 7.08. The molecule has 0 atom stereocenters. The Balaban J connectivity index is 1.79. The molecule has 2 N–H and O–H groups in total. The number of nitrogens with one attached hydrogen (secondary N) is 2. The largest absolute Gasteiger partial charge is 0.348 e. The zero-order chi connectivity index (χ0) is 18.8. The van der Waals surface area contributed by atoms with E-state index in [2.05, 4.69) is 37.0 Å². The average molecular weight is 376 g/mol. The van der Waals surface area contributed by atoms with Gasteiger partial charge in [0, 0.05) is 23.9 Å². The Morgan fingerprint density at radius 1 is 1.33 bits per heavy atom. The fourth-order valence-corrected chi connectivity index (χ4v) is 3.56. The molecule has 3 aromatic heterocycles. The predicted octanol–water partition coefficient (Wildman–Crippen LogP) is 3.25. The molecule has 0 bridgehead atoms. The Morgan fingerprint density at radius 2 is 2.22 bits per heavy atom. The Hall–Kier alpha value is -3.39. The molecule has 0 fully saturated rings. The number of aromatic nitrogens is 5. The maximum Gasteiger partial charge on any atom is 0.243 e. The van der Waals surface area contributed by atoms with Gasteiger partial charge in [0.05, 0.1) is 11.1 Å². The van der Waals surface area contributed by atoms with Crippen molar-refractivity contribution in [2.75, 3.05) is 0 Å². The molecule has 134 valence electrons. The number of benzene rings is 1. The van der Waals surface area contributed by atoms with Crippen molar-refractivity contribution in [2.24, 2.45) is 0 Å². The number of carbonyl (C=O) groups excluding carboxylic acids is 1. The monoisotopic (exact) mass is 376 g/mol. The first-order valence-electron chi connectivity index (χ1n) is 8.28. The molecule has 0 saturated carbocycles. The number of aryl methyl sites for hydroxylation is 1. The Kier molecular flexibility index (Phi) is 4.47. The van der Waals surface area contributed by atoms with E-state index in [0.717, 1.165) is 43.4 Å². The van der Waals surface area contributed by atoms with E-state index in [0.29, 0.717) is 6.54 Å². The third-order valence-electron chi connectivity index (χ3n) is 4.08. The molecule has 7 nitrogen and oxygen atoms in total. The van der Waals surface area contributed by atoms with E-state index in [1.165, 1.54) is 23.7 Å². The summed E-state index contributed by atoms with van der Waals surface area (Å²) in [7, 11) is 0. The summed E-state index contributed by atoms with van der Waals surface area (Å²) in [5.74, 6) is -0.204. The summed E-state index contributed by atoms with van der Waals surface area (Å²) in [6.45, 7) is 5.81. The summed E-state index contributed by atoms with van der Waals surface area (Å²) in [5, 5.41) is 13.8. The van der Waals surface area contributed by atoms with Crippen LogP contribution >= 0.6 is 11.3 Å². The van der Waals surface area contributed by atoms with Crippen LogP contribution < -0.4 is 5.32 Å². The second-order valence-electron chi connectivity index (χ2n) is 5.90. The lowest BCUT2D eigenvalue weighted by Crippen LogP contribution is -2.19. The van der Waals surface area contributed by atoms with Gasteiger partial charge in [-0.1, -0.05) is 36.1 Å². The van der Waals surface area contributed by atoms with Gasteiger partial charge >= 0.3 is 0 Å². The second-order valence-corrected chi connectivity index (χ2v) is 7.08. The Morgan fingerprint density at radius 3 is 3.00 bits per heavy atom. The number of H-pyrrole nitrogens is 1. The van der Waals surface area contributed by atoms with Crippen molar-refractivity contribution in [2.45, 2.75) is 13.5 Å². The maximum absolute atomic E-state index is 11.4. The molecule has 0 aliphatic heterocycles. The van der Waals surface area contributed by atoms with E-state index in [1.807, 2.05) is 37.4 Å². The number of aromatic amines is 1. The fraction of sp³-hybridized carbons (Fsp3) is 0.105. The number of carbonyl (C=O) groups is 1. The van der Waals surface area contributed by atoms with Crippen LogP contribution in [0.2, 0.25) is 0 Å². The van der Waals surface area contributed by atoms with Gasteiger partial charge in [-0.15, -0.1) is 10.2 Å². The molecule has 0 aliphatic rings. The highest BCUT2D eigenvalue weighted by molar-refractivity contribution is 7.14. The van der Waals surface area contributed by atoms with Crippen LogP contribution in [-0.2, 0) is 11.3 Å². The smallest absolute Gasteiger partial charge is 0.243 e. The van der Waals surface area contributed by atoms with Crippen LogP contribution in [0.1, 0.15) is 10.6 Å². The fourth-order valence-electron chi connectivity index (χ4n) is 2.85. The van der Waals surface area contributed by atoms with Crippen LogP contribution in [0.4, 0.5) is 0 Å². The van der Waals surface area contributed by atoms with Crippen molar-refractivity contribution in [3.05, 3.63) is 60.0 Å². The van der Waals surface area contributed by atoms with Crippen molar-refractivity contribution in [1.82, 2.24) is 30.5 Å². The van der Waals surface area contributed by atoms with Crippen LogP contribution in [0.15, 0.2) is 49.4 Å². The predicted molar refractivity (Wildman–Crippen MR) is 105 cm³/mol. The molecule has 0 spiro atoms.